The minimum atomic E-state index is 0.159. The average molecular weight is 696 g/mol. The van der Waals surface area contributed by atoms with Crippen molar-refractivity contribution in [3.8, 4) is 22.3 Å². The van der Waals surface area contributed by atoms with Gasteiger partial charge in [-0.15, -0.1) is 0 Å². The van der Waals surface area contributed by atoms with Crippen molar-refractivity contribution in [1.82, 2.24) is 0 Å². The van der Waals surface area contributed by atoms with Crippen molar-refractivity contribution >= 4 is 62.9 Å². The van der Waals surface area contributed by atoms with E-state index >= 15 is 0 Å². The fraction of sp³-hybridized carbons (Fsp3) is 0.160. The standard InChI is InChI=1S/C50H42BN3/c1-5-17-35(18-6-1)40-27-29-44-49-42(40)25-13-15-31-52(49)46-33-39(54(37-21-9-3-10-22-37)38-23-11-4-12-24-38)34-47-48(46)51(44)45-30-28-41(36-19-7-2-8-20-36)43-26-14-16-32-53(47)50(43)45/h1-12,17-24,27-30,33-34H,13-16,25-26,31-32H2. The van der Waals surface area contributed by atoms with Crippen LogP contribution in [0.4, 0.5) is 39.8 Å². The summed E-state index contributed by atoms with van der Waals surface area (Å²) in [6, 6.07) is 59.0. The highest BCUT2D eigenvalue weighted by molar-refractivity contribution is 7.00. The van der Waals surface area contributed by atoms with Crippen LogP contribution in [0, 0.1) is 0 Å². The van der Waals surface area contributed by atoms with Gasteiger partial charge in [0.1, 0.15) is 0 Å². The van der Waals surface area contributed by atoms with Gasteiger partial charge in [-0.25, -0.2) is 0 Å². The lowest BCUT2D eigenvalue weighted by molar-refractivity contribution is 0.759. The first-order chi connectivity index (χ1) is 26.8. The molecule has 3 nitrogen and oxygen atoms in total. The molecule has 0 saturated heterocycles. The Morgan fingerprint density at radius 2 is 0.852 bits per heavy atom. The van der Waals surface area contributed by atoms with E-state index in [0.717, 1.165) is 38.8 Å². The minimum Gasteiger partial charge on any atom is -0.342 e. The topological polar surface area (TPSA) is 9.72 Å². The highest BCUT2D eigenvalue weighted by atomic mass is 15.2. The summed E-state index contributed by atoms with van der Waals surface area (Å²) in [4.78, 5) is 7.94. The molecule has 54 heavy (non-hydrogen) atoms. The maximum Gasteiger partial charge on any atom is 0.252 e. The van der Waals surface area contributed by atoms with Crippen LogP contribution >= 0.6 is 0 Å². The molecule has 4 aliphatic rings. The van der Waals surface area contributed by atoms with Gasteiger partial charge in [0, 0.05) is 47.2 Å². The van der Waals surface area contributed by atoms with Crippen molar-refractivity contribution < 1.29 is 0 Å². The largest absolute Gasteiger partial charge is 0.342 e. The molecular formula is C50H42BN3. The van der Waals surface area contributed by atoms with E-state index in [-0.39, 0.29) is 6.71 Å². The third-order valence-electron chi connectivity index (χ3n) is 12.4. The van der Waals surface area contributed by atoms with Gasteiger partial charge in [0.05, 0.1) is 5.69 Å². The van der Waals surface area contributed by atoms with Crippen molar-refractivity contribution in [2.45, 2.75) is 38.5 Å². The highest BCUT2D eigenvalue weighted by Gasteiger charge is 2.45. The Morgan fingerprint density at radius 1 is 0.426 bits per heavy atom. The first-order valence-corrected chi connectivity index (χ1v) is 19.9. The quantitative estimate of drug-likeness (QED) is 0.166. The zero-order valence-electron chi connectivity index (χ0n) is 30.6. The molecule has 0 aliphatic carbocycles. The van der Waals surface area contributed by atoms with Crippen LogP contribution in [0.3, 0.4) is 0 Å². The van der Waals surface area contributed by atoms with E-state index in [1.54, 1.807) is 0 Å². The minimum absolute atomic E-state index is 0.159. The zero-order chi connectivity index (χ0) is 35.6. The van der Waals surface area contributed by atoms with E-state index < -0.39 is 0 Å². The van der Waals surface area contributed by atoms with E-state index in [0.29, 0.717) is 0 Å². The fourth-order valence-electron chi connectivity index (χ4n) is 10.1. The molecule has 0 saturated carbocycles. The van der Waals surface area contributed by atoms with E-state index in [1.807, 2.05) is 0 Å². The third kappa shape index (κ3) is 4.89. The second kappa shape index (κ2) is 12.8. The number of hydrogen-bond acceptors (Lipinski definition) is 3. The summed E-state index contributed by atoms with van der Waals surface area (Å²) in [6.45, 7) is 2.19. The lowest BCUT2D eigenvalue weighted by atomic mass is 9.33. The molecule has 11 rings (SSSR count). The first kappa shape index (κ1) is 31.5. The normalized spacial score (nSPS) is 15.1. The van der Waals surface area contributed by atoms with Crippen LogP contribution in [0.15, 0.2) is 158 Å². The van der Waals surface area contributed by atoms with Crippen molar-refractivity contribution in [2.24, 2.45) is 0 Å². The van der Waals surface area contributed by atoms with Crippen LogP contribution in [-0.2, 0) is 12.8 Å². The Hall–Kier alpha value is -6.00. The monoisotopic (exact) mass is 695 g/mol. The zero-order valence-corrected chi connectivity index (χ0v) is 30.6. The molecular weight excluding hydrogens is 653 g/mol. The van der Waals surface area contributed by atoms with E-state index in [9.17, 15) is 0 Å². The molecule has 260 valence electrons. The summed E-state index contributed by atoms with van der Waals surface area (Å²) in [5, 5.41) is 0. The maximum absolute atomic E-state index is 2.74. The predicted octanol–water partition coefficient (Wildman–Crippen LogP) is 10.6. The van der Waals surface area contributed by atoms with Gasteiger partial charge in [-0.05, 0) is 125 Å². The number of para-hydroxylation sites is 2. The lowest BCUT2D eigenvalue weighted by Gasteiger charge is -2.46. The van der Waals surface area contributed by atoms with Crippen molar-refractivity contribution in [1.29, 1.82) is 0 Å². The second-order valence-electron chi connectivity index (χ2n) is 15.3. The summed E-state index contributed by atoms with van der Waals surface area (Å²) < 4.78 is 0. The summed E-state index contributed by atoms with van der Waals surface area (Å²) in [5.74, 6) is 0. The molecule has 7 aromatic rings. The lowest BCUT2D eigenvalue weighted by Crippen LogP contribution is -2.62. The molecule has 4 heterocycles. The van der Waals surface area contributed by atoms with Crippen LogP contribution in [0.1, 0.15) is 36.8 Å². The number of rotatable bonds is 5. The molecule has 0 unspecified atom stereocenters. The SMILES string of the molecule is c1ccc(-c2ccc3c4c2CCCCN4c2cc(N(c4ccccc4)c4ccccc4)cc4c2B3c2ccc(-c3ccccc3)c3c2N4CCCC3)cc1. The Labute approximate surface area is 319 Å². The predicted molar refractivity (Wildman–Crippen MR) is 229 cm³/mol. The molecule has 0 fully saturated rings. The van der Waals surface area contributed by atoms with Gasteiger partial charge in [-0.2, -0.15) is 0 Å². The molecule has 0 spiro atoms. The molecule has 0 amide bonds. The molecule has 7 aromatic carbocycles. The van der Waals surface area contributed by atoms with Crippen molar-refractivity contribution in [3.63, 3.8) is 0 Å². The van der Waals surface area contributed by atoms with Gasteiger partial charge in [0.2, 0.25) is 0 Å². The molecule has 4 heteroatoms. The molecule has 0 atom stereocenters. The van der Waals surface area contributed by atoms with E-state index in [4.69, 9.17) is 0 Å². The third-order valence-corrected chi connectivity index (χ3v) is 12.4. The number of benzene rings is 7. The fourth-order valence-corrected chi connectivity index (χ4v) is 10.1. The maximum atomic E-state index is 2.74. The van der Waals surface area contributed by atoms with Gasteiger partial charge < -0.3 is 14.7 Å². The molecule has 4 aliphatic heterocycles. The first-order valence-electron chi connectivity index (χ1n) is 19.9. The van der Waals surface area contributed by atoms with Crippen molar-refractivity contribution in [2.75, 3.05) is 27.8 Å². The van der Waals surface area contributed by atoms with E-state index in [1.165, 1.54) is 102 Å². The smallest absolute Gasteiger partial charge is 0.252 e. The Balaban J connectivity index is 1.23. The summed E-state index contributed by atoms with van der Waals surface area (Å²) >= 11 is 0. The molecule has 0 N–H and O–H groups in total. The van der Waals surface area contributed by atoms with Gasteiger partial charge in [-0.1, -0.05) is 121 Å². The Bertz CT molecular complexity index is 2340. The van der Waals surface area contributed by atoms with Gasteiger partial charge >= 0.3 is 0 Å². The van der Waals surface area contributed by atoms with Gasteiger partial charge in [0.15, 0.2) is 0 Å². The number of fused-ring (bicyclic) bond motifs is 4. The number of hydrogen-bond donors (Lipinski definition) is 0. The average Bonchev–Trinajstić information content (AvgIpc) is 3.61. The summed E-state index contributed by atoms with van der Waals surface area (Å²) in [7, 11) is 0. The van der Waals surface area contributed by atoms with Crippen LogP contribution in [0.5, 0.6) is 0 Å². The number of anilines is 7. The molecule has 0 aromatic heterocycles. The van der Waals surface area contributed by atoms with Crippen LogP contribution in [-0.4, -0.2) is 19.8 Å². The van der Waals surface area contributed by atoms with Gasteiger partial charge in [-0.3, -0.25) is 0 Å². The van der Waals surface area contributed by atoms with E-state index in [2.05, 4.69) is 172 Å². The molecule has 0 bridgehead atoms. The molecule has 0 radical (unpaired) electrons. The second-order valence-corrected chi connectivity index (χ2v) is 15.3. The highest BCUT2D eigenvalue weighted by Crippen LogP contribution is 2.48. The van der Waals surface area contributed by atoms with Crippen LogP contribution in [0.2, 0.25) is 0 Å². The Kier molecular flexibility index (Phi) is 7.50. The van der Waals surface area contributed by atoms with Gasteiger partial charge in [0.25, 0.3) is 6.71 Å². The van der Waals surface area contributed by atoms with Crippen molar-refractivity contribution in [3.05, 3.63) is 169 Å². The summed E-state index contributed by atoms with van der Waals surface area (Å²) in [5.41, 5.74) is 22.0. The van der Waals surface area contributed by atoms with Crippen LogP contribution in [0.25, 0.3) is 22.3 Å². The number of nitrogens with zero attached hydrogens (tertiary/aromatic N) is 3. The Morgan fingerprint density at radius 3 is 1.30 bits per heavy atom. The van der Waals surface area contributed by atoms with Crippen LogP contribution < -0.4 is 31.1 Å². The summed E-state index contributed by atoms with van der Waals surface area (Å²) in [6.07, 6.45) is 6.89.